The molecule has 2 rings (SSSR count). The van der Waals surface area contributed by atoms with Gasteiger partial charge >= 0.3 is 0 Å². The summed E-state index contributed by atoms with van der Waals surface area (Å²) in [7, 11) is 0. The van der Waals surface area contributed by atoms with Gasteiger partial charge in [0, 0.05) is 18.0 Å². The lowest BCUT2D eigenvalue weighted by atomic mass is 9.86. The van der Waals surface area contributed by atoms with Crippen molar-refractivity contribution in [1.82, 2.24) is 10.3 Å². The van der Waals surface area contributed by atoms with Crippen molar-refractivity contribution in [2.45, 2.75) is 51.5 Å². The van der Waals surface area contributed by atoms with E-state index < -0.39 is 0 Å². The molecule has 1 aliphatic carbocycles. The average molecular weight is 282 g/mol. The standard InChI is InChI=1S/C14H22N2O2S/c1-2-14-16-12(9-19-14)7-13(18)15-11-5-3-10(8-17)4-6-11/h9-11,17H,2-8H2,1H3,(H,15,18). The molecule has 4 nitrogen and oxygen atoms in total. The van der Waals surface area contributed by atoms with Crippen molar-refractivity contribution in [2.75, 3.05) is 6.61 Å². The molecule has 1 fully saturated rings. The van der Waals surface area contributed by atoms with Crippen LogP contribution in [0.3, 0.4) is 0 Å². The molecule has 106 valence electrons. The summed E-state index contributed by atoms with van der Waals surface area (Å²) in [6, 6.07) is 0.277. The molecule has 0 saturated heterocycles. The lowest BCUT2D eigenvalue weighted by Crippen LogP contribution is -2.38. The molecule has 0 radical (unpaired) electrons. The topological polar surface area (TPSA) is 62.2 Å². The third kappa shape index (κ3) is 4.28. The Hall–Kier alpha value is -0.940. The van der Waals surface area contributed by atoms with E-state index in [0.717, 1.165) is 42.8 Å². The van der Waals surface area contributed by atoms with Gasteiger partial charge < -0.3 is 10.4 Å². The minimum atomic E-state index is 0.0698. The summed E-state index contributed by atoms with van der Waals surface area (Å²) in [6.07, 6.45) is 5.30. The maximum atomic E-state index is 11.9. The molecule has 0 aromatic carbocycles. The van der Waals surface area contributed by atoms with E-state index in [2.05, 4.69) is 17.2 Å². The van der Waals surface area contributed by atoms with Gasteiger partial charge in [-0.15, -0.1) is 11.3 Å². The summed E-state index contributed by atoms with van der Waals surface area (Å²) in [6.45, 7) is 2.35. The van der Waals surface area contributed by atoms with E-state index in [9.17, 15) is 4.79 Å². The quantitative estimate of drug-likeness (QED) is 0.867. The Labute approximate surface area is 118 Å². The minimum absolute atomic E-state index is 0.0698. The number of carbonyl (C=O) groups is 1. The number of aromatic nitrogens is 1. The number of aliphatic hydroxyl groups is 1. The first-order valence-corrected chi connectivity index (χ1v) is 7.92. The summed E-state index contributed by atoms with van der Waals surface area (Å²) >= 11 is 1.62. The van der Waals surface area contributed by atoms with E-state index >= 15 is 0 Å². The highest BCUT2D eigenvalue weighted by atomic mass is 32.1. The number of aliphatic hydroxyl groups excluding tert-OH is 1. The van der Waals surface area contributed by atoms with Crippen LogP contribution in [0, 0.1) is 5.92 Å². The molecule has 1 amide bonds. The van der Waals surface area contributed by atoms with Gasteiger partial charge in [-0.2, -0.15) is 0 Å². The highest BCUT2D eigenvalue weighted by molar-refractivity contribution is 7.09. The van der Waals surface area contributed by atoms with E-state index in [1.807, 2.05) is 5.38 Å². The fourth-order valence-corrected chi connectivity index (χ4v) is 3.27. The molecule has 5 heteroatoms. The van der Waals surface area contributed by atoms with Gasteiger partial charge in [-0.1, -0.05) is 6.92 Å². The molecular formula is C14H22N2O2S. The summed E-state index contributed by atoms with van der Waals surface area (Å²) in [5, 5.41) is 15.2. The van der Waals surface area contributed by atoms with Gasteiger partial charge in [0.1, 0.15) is 0 Å². The number of amides is 1. The number of carbonyl (C=O) groups excluding carboxylic acids is 1. The molecule has 0 unspecified atom stereocenters. The van der Waals surface area contributed by atoms with Gasteiger partial charge in [0.15, 0.2) is 0 Å². The largest absolute Gasteiger partial charge is 0.396 e. The Kier molecular flexibility index (Phi) is 5.34. The fourth-order valence-electron chi connectivity index (χ4n) is 2.53. The van der Waals surface area contributed by atoms with E-state index in [1.165, 1.54) is 0 Å². The highest BCUT2D eigenvalue weighted by Gasteiger charge is 2.22. The lowest BCUT2D eigenvalue weighted by molar-refractivity contribution is -0.121. The Morgan fingerprint density at radius 3 is 2.79 bits per heavy atom. The number of hydrogen-bond acceptors (Lipinski definition) is 4. The second-order valence-electron chi connectivity index (χ2n) is 5.23. The molecule has 1 aromatic heterocycles. The first-order chi connectivity index (χ1) is 9.21. The molecule has 1 aromatic rings. The Bertz CT molecular complexity index is 411. The van der Waals surface area contributed by atoms with Crippen LogP contribution in [0.15, 0.2) is 5.38 Å². The van der Waals surface area contributed by atoms with Gasteiger partial charge in [-0.05, 0) is 38.0 Å². The van der Waals surface area contributed by atoms with Gasteiger partial charge in [-0.25, -0.2) is 4.98 Å². The van der Waals surface area contributed by atoms with Crippen molar-refractivity contribution in [3.8, 4) is 0 Å². The molecule has 1 aliphatic rings. The second kappa shape index (κ2) is 7.01. The van der Waals surface area contributed by atoms with Gasteiger partial charge in [0.05, 0.1) is 17.1 Å². The van der Waals surface area contributed by atoms with Crippen molar-refractivity contribution in [2.24, 2.45) is 5.92 Å². The summed E-state index contributed by atoms with van der Waals surface area (Å²) < 4.78 is 0. The van der Waals surface area contributed by atoms with Crippen LogP contribution in [0.25, 0.3) is 0 Å². The van der Waals surface area contributed by atoms with E-state index in [4.69, 9.17) is 5.11 Å². The zero-order valence-corrected chi connectivity index (χ0v) is 12.2. The van der Waals surface area contributed by atoms with Crippen LogP contribution in [0.5, 0.6) is 0 Å². The van der Waals surface area contributed by atoms with Crippen LogP contribution in [-0.2, 0) is 17.6 Å². The van der Waals surface area contributed by atoms with Gasteiger partial charge in [0.25, 0.3) is 0 Å². The number of rotatable bonds is 5. The number of aryl methyl sites for hydroxylation is 1. The third-order valence-electron chi connectivity index (χ3n) is 3.71. The highest BCUT2D eigenvalue weighted by Crippen LogP contribution is 2.23. The molecule has 0 spiro atoms. The first-order valence-electron chi connectivity index (χ1n) is 7.04. The third-order valence-corrected chi connectivity index (χ3v) is 4.76. The van der Waals surface area contributed by atoms with Crippen LogP contribution in [0.4, 0.5) is 0 Å². The van der Waals surface area contributed by atoms with E-state index in [-0.39, 0.29) is 18.6 Å². The van der Waals surface area contributed by atoms with Gasteiger partial charge in [-0.3, -0.25) is 4.79 Å². The number of hydrogen-bond donors (Lipinski definition) is 2. The lowest BCUT2D eigenvalue weighted by Gasteiger charge is -2.27. The molecule has 0 atom stereocenters. The second-order valence-corrected chi connectivity index (χ2v) is 6.17. The van der Waals surface area contributed by atoms with Crippen LogP contribution in [-0.4, -0.2) is 28.6 Å². The van der Waals surface area contributed by atoms with Crippen molar-refractivity contribution >= 4 is 17.2 Å². The first kappa shape index (κ1) is 14.5. The normalized spacial score (nSPS) is 23.3. The number of thiazole rings is 1. The monoisotopic (exact) mass is 282 g/mol. The van der Waals surface area contributed by atoms with Crippen LogP contribution >= 0.6 is 11.3 Å². The van der Waals surface area contributed by atoms with Crippen LogP contribution in [0.1, 0.15) is 43.3 Å². The predicted octanol–water partition coefficient (Wildman–Crippen LogP) is 1.92. The number of nitrogens with zero attached hydrogens (tertiary/aromatic N) is 1. The molecule has 0 bridgehead atoms. The zero-order chi connectivity index (χ0) is 13.7. The molecule has 1 heterocycles. The van der Waals surface area contributed by atoms with Crippen molar-refractivity contribution in [1.29, 1.82) is 0 Å². The molecule has 0 aliphatic heterocycles. The Morgan fingerprint density at radius 2 is 2.21 bits per heavy atom. The Morgan fingerprint density at radius 1 is 1.47 bits per heavy atom. The fraction of sp³-hybridized carbons (Fsp3) is 0.714. The smallest absolute Gasteiger partial charge is 0.226 e. The molecule has 2 N–H and O–H groups in total. The van der Waals surface area contributed by atoms with E-state index in [1.54, 1.807) is 11.3 Å². The maximum Gasteiger partial charge on any atom is 0.226 e. The minimum Gasteiger partial charge on any atom is -0.396 e. The molecule has 1 saturated carbocycles. The van der Waals surface area contributed by atoms with Crippen LogP contribution in [0.2, 0.25) is 0 Å². The summed E-state index contributed by atoms with van der Waals surface area (Å²) in [5.74, 6) is 0.499. The predicted molar refractivity (Wildman–Crippen MR) is 76.2 cm³/mol. The van der Waals surface area contributed by atoms with Crippen molar-refractivity contribution < 1.29 is 9.90 Å². The summed E-state index contributed by atoms with van der Waals surface area (Å²) in [5.41, 5.74) is 0.878. The van der Waals surface area contributed by atoms with Gasteiger partial charge in [0.2, 0.25) is 5.91 Å². The van der Waals surface area contributed by atoms with Crippen LogP contribution < -0.4 is 5.32 Å². The van der Waals surface area contributed by atoms with Crippen molar-refractivity contribution in [3.05, 3.63) is 16.1 Å². The molecular weight excluding hydrogens is 260 g/mol. The maximum absolute atomic E-state index is 11.9. The average Bonchev–Trinajstić information content (AvgIpc) is 2.87. The Balaban J connectivity index is 1.75. The number of nitrogens with one attached hydrogen (secondary N) is 1. The molecule has 19 heavy (non-hydrogen) atoms. The van der Waals surface area contributed by atoms with Crippen molar-refractivity contribution in [3.63, 3.8) is 0 Å². The summed E-state index contributed by atoms with van der Waals surface area (Å²) in [4.78, 5) is 16.3. The SMILES string of the molecule is CCc1nc(CC(=O)NC2CCC(CO)CC2)cs1. The zero-order valence-electron chi connectivity index (χ0n) is 11.4. The van der Waals surface area contributed by atoms with E-state index in [0.29, 0.717) is 12.3 Å².